The number of fused-ring (bicyclic) bond motifs is 1. The van der Waals surface area contributed by atoms with Crippen LogP contribution in [0, 0.1) is 5.92 Å². The van der Waals surface area contributed by atoms with E-state index in [0.29, 0.717) is 43.7 Å². The van der Waals surface area contributed by atoms with E-state index in [1.807, 2.05) is 47.6 Å². The SMILES string of the molecule is CC(C)(C)OC(=O)NCC1CCN(c2ccc3nc(N4CCN(C(=O)OC(C)(C)C)CC4)c(Cl)cc3c2)CC1. The summed E-state index contributed by atoms with van der Waals surface area (Å²) in [5.41, 5.74) is 1.05. The number of benzene rings is 1. The maximum Gasteiger partial charge on any atom is 0.410 e. The van der Waals surface area contributed by atoms with Crippen molar-refractivity contribution in [3.05, 3.63) is 29.3 Å². The quantitative estimate of drug-likeness (QED) is 0.515. The largest absolute Gasteiger partial charge is 0.444 e. The first-order valence-electron chi connectivity index (χ1n) is 13.8. The summed E-state index contributed by atoms with van der Waals surface area (Å²) in [7, 11) is 0. The van der Waals surface area contributed by atoms with Gasteiger partial charge in [-0.15, -0.1) is 0 Å². The van der Waals surface area contributed by atoms with Gasteiger partial charge in [-0.2, -0.15) is 0 Å². The number of pyridine rings is 1. The topological polar surface area (TPSA) is 87.2 Å². The van der Waals surface area contributed by atoms with Crippen molar-refractivity contribution in [1.29, 1.82) is 0 Å². The molecule has 2 aromatic rings. The lowest BCUT2D eigenvalue weighted by atomic mass is 9.96. The van der Waals surface area contributed by atoms with Crippen LogP contribution >= 0.6 is 11.6 Å². The van der Waals surface area contributed by atoms with Crippen molar-refractivity contribution in [1.82, 2.24) is 15.2 Å². The highest BCUT2D eigenvalue weighted by Crippen LogP contribution is 2.32. The van der Waals surface area contributed by atoms with Crippen LogP contribution in [0.3, 0.4) is 0 Å². The number of carbonyl (C=O) groups is 2. The van der Waals surface area contributed by atoms with Crippen molar-refractivity contribution in [3.8, 4) is 0 Å². The van der Waals surface area contributed by atoms with E-state index >= 15 is 0 Å². The molecule has 2 saturated heterocycles. The molecule has 3 heterocycles. The number of amides is 2. The minimum atomic E-state index is -0.509. The zero-order chi connectivity index (χ0) is 28.4. The van der Waals surface area contributed by atoms with Gasteiger partial charge < -0.3 is 29.5 Å². The lowest BCUT2D eigenvalue weighted by Gasteiger charge is -2.36. The second kappa shape index (κ2) is 11.7. The van der Waals surface area contributed by atoms with Crippen molar-refractivity contribution < 1.29 is 19.1 Å². The number of ether oxygens (including phenoxy) is 2. The van der Waals surface area contributed by atoms with Gasteiger partial charge in [0.05, 0.1) is 10.5 Å². The van der Waals surface area contributed by atoms with Gasteiger partial charge >= 0.3 is 12.2 Å². The van der Waals surface area contributed by atoms with Gasteiger partial charge in [-0.25, -0.2) is 14.6 Å². The maximum atomic E-state index is 12.4. The van der Waals surface area contributed by atoms with Gasteiger partial charge in [0.1, 0.15) is 17.0 Å². The number of nitrogens with zero attached hydrogens (tertiary/aromatic N) is 4. The van der Waals surface area contributed by atoms with Crippen LogP contribution in [0.2, 0.25) is 5.02 Å². The number of piperazine rings is 1. The lowest BCUT2D eigenvalue weighted by molar-refractivity contribution is 0.0240. The van der Waals surface area contributed by atoms with E-state index in [9.17, 15) is 9.59 Å². The van der Waals surface area contributed by atoms with E-state index in [-0.39, 0.29) is 12.2 Å². The third-order valence-corrected chi connectivity index (χ3v) is 7.16. The molecule has 0 spiro atoms. The molecule has 1 N–H and O–H groups in total. The van der Waals surface area contributed by atoms with Gasteiger partial charge in [-0.1, -0.05) is 11.6 Å². The summed E-state index contributed by atoms with van der Waals surface area (Å²) >= 11 is 6.71. The lowest BCUT2D eigenvalue weighted by Crippen LogP contribution is -2.50. The first kappa shape index (κ1) is 29.1. The Morgan fingerprint density at radius 1 is 0.923 bits per heavy atom. The Bertz CT molecular complexity index is 1180. The standard InChI is InChI=1S/C29H42ClN5O4/c1-28(2,3)38-26(36)31-19-20-9-11-33(12-10-20)22-7-8-24-21(17-22)18-23(30)25(32-24)34-13-15-35(16-14-34)27(37)39-29(4,5)6/h7-8,17-18,20H,9-16,19H2,1-6H3,(H,31,36). The monoisotopic (exact) mass is 559 g/mol. The van der Waals surface area contributed by atoms with E-state index in [4.69, 9.17) is 26.1 Å². The van der Waals surface area contributed by atoms with E-state index in [0.717, 1.165) is 48.3 Å². The number of aromatic nitrogens is 1. The molecule has 10 heteroatoms. The summed E-state index contributed by atoms with van der Waals surface area (Å²) in [6.07, 6.45) is 1.37. The summed E-state index contributed by atoms with van der Waals surface area (Å²) in [6.45, 7) is 16.1. The number of piperidine rings is 1. The summed E-state index contributed by atoms with van der Waals surface area (Å²) < 4.78 is 10.9. The molecule has 1 aromatic carbocycles. The highest BCUT2D eigenvalue weighted by Gasteiger charge is 2.27. The van der Waals surface area contributed by atoms with Crippen LogP contribution in [-0.4, -0.2) is 79.1 Å². The molecule has 0 atom stereocenters. The average Bonchev–Trinajstić information content (AvgIpc) is 2.85. The molecule has 4 rings (SSSR count). The van der Waals surface area contributed by atoms with Crippen molar-refractivity contribution >= 4 is 46.2 Å². The Morgan fingerprint density at radius 2 is 1.56 bits per heavy atom. The fourth-order valence-electron chi connectivity index (χ4n) is 4.91. The van der Waals surface area contributed by atoms with Crippen LogP contribution in [0.5, 0.6) is 0 Å². The van der Waals surface area contributed by atoms with Gasteiger partial charge in [0.25, 0.3) is 0 Å². The molecule has 9 nitrogen and oxygen atoms in total. The predicted molar refractivity (Wildman–Crippen MR) is 156 cm³/mol. The minimum absolute atomic E-state index is 0.282. The van der Waals surface area contributed by atoms with Gasteiger partial charge in [0, 0.05) is 56.9 Å². The summed E-state index contributed by atoms with van der Waals surface area (Å²) in [6, 6.07) is 8.31. The maximum absolute atomic E-state index is 12.4. The Morgan fingerprint density at radius 3 is 2.18 bits per heavy atom. The highest BCUT2D eigenvalue weighted by atomic mass is 35.5. The summed E-state index contributed by atoms with van der Waals surface area (Å²) in [4.78, 5) is 35.5. The number of hydrogen-bond acceptors (Lipinski definition) is 7. The Balaban J connectivity index is 1.33. The number of hydrogen-bond donors (Lipinski definition) is 1. The van der Waals surface area contributed by atoms with Gasteiger partial charge in [0.15, 0.2) is 0 Å². The van der Waals surface area contributed by atoms with Crippen LogP contribution in [0.4, 0.5) is 21.1 Å². The summed E-state index contributed by atoms with van der Waals surface area (Å²) in [5, 5.41) is 4.52. The molecule has 0 aliphatic carbocycles. The molecule has 2 fully saturated rings. The molecule has 0 unspecified atom stereocenters. The van der Waals surface area contributed by atoms with Crippen LogP contribution in [-0.2, 0) is 9.47 Å². The Labute approximate surface area is 236 Å². The predicted octanol–water partition coefficient (Wildman–Crippen LogP) is 5.69. The molecule has 0 bridgehead atoms. The molecule has 1 aromatic heterocycles. The number of anilines is 2. The fourth-order valence-corrected chi connectivity index (χ4v) is 5.19. The fraction of sp³-hybridized carbons (Fsp3) is 0.621. The molecular formula is C29H42ClN5O4. The molecule has 0 saturated carbocycles. The minimum Gasteiger partial charge on any atom is -0.444 e. The molecule has 39 heavy (non-hydrogen) atoms. The highest BCUT2D eigenvalue weighted by molar-refractivity contribution is 6.33. The van der Waals surface area contributed by atoms with Crippen LogP contribution in [0.15, 0.2) is 24.3 Å². The van der Waals surface area contributed by atoms with Crippen molar-refractivity contribution in [3.63, 3.8) is 0 Å². The van der Waals surface area contributed by atoms with Gasteiger partial charge in [-0.05, 0) is 84.6 Å². The van der Waals surface area contributed by atoms with Crippen LogP contribution in [0.25, 0.3) is 10.9 Å². The number of alkyl carbamates (subject to hydrolysis) is 1. The zero-order valence-corrected chi connectivity index (χ0v) is 24.8. The summed E-state index contributed by atoms with van der Waals surface area (Å²) in [5.74, 6) is 1.18. The number of halogens is 1. The molecular weight excluding hydrogens is 518 g/mol. The van der Waals surface area contributed by atoms with E-state index in [1.165, 1.54) is 0 Å². The van der Waals surface area contributed by atoms with Crippen LogP contribution in [0.1, 0.15) is 54.4 Å². The van der Waals surface area contributed by atoms with Crippen molar-refractivity contribution in [2.75, 3.05) is 55.6 Å². The third-order valence-electron chi connectivity index (χ3n) is 6.88. The zero-order valence-electron chi connectivity index (χ0n) is 24.1. The number of rotatable bonds is 4. The van der Waals surface area contributed by atoms with E-state index in [1.54, 1.807) is 4.90 Å². The molecule has 2 aliphatic rings. The number of carbonyl (C=O) groups excluding carboxylic acids is 2. The molecule has 2 aliphatic heterocycles. The molecule has 0 radical (unpaired) electrons. The second-order valence-corrected chi connectivity index (χ2v) is 12.8. The van der Waals surface area contributed by atoms with Gasteiger partial charge in [-0.3, -0.25) is 0 Å². The van der Waals surface area contributed by atoms with Crippen LogP contribution < -0.4 is 15.1 Å². The van der Waals surface area contributed by atoms with Crippen molar-refractivity contribution in [2.24, 2.45) is 5.92 Å². The molecule has 214 valence electrons. The second-order valence-electron chi connectivity index (χ2n) is 12.4. The molecule has 2 amide bonds. The van der Waals surface area contributed by atoms with Crippen molar-refractivity contribution in [2.45, 2.75) is 65.6 Å². The van der Waals surface area contributed by atoms with Gasteiger partial charge in [0.2, 0.25) is 0 Å². The smallest absolute Gasteiger partial charge is 0.410 e. The number of nitrogens with one attached hydrogen (secondary N) is 1. The third kappa shape index (κ3) is 8.03. The van der Waals surface area contributed by atoms with E-state index < -0.39 is 11.2 Å². The Hall–Kier alpha value is -2.94. The Kier molecular flexibility index (Phi) is 8.69. The first-order valence-corrected chi connectivity index (χ1v) is 14.2. The normalized spacial score (nSPS) is 17.4. The van der Waals surface area contributed by atoms with E-state index in [2.05, 4.69) is 33.3 Å². The first-order chi connectivity index (χ1) is 18.3. The average molecular weight is 560 g/mol.